The molecule has 2 aromatic rings. The molecule has 0 fully saturated rings. The molecule has 0 spiro atoms. The molecule has 0 unspecified atom stereocenters. The van der Waals surface area contributed by atoms with Crippen molar-refractivity contribution in [2.45, 2.75) is 6.54 Å². The van der Waals surface area contributed by atoms with Gasteiger partial charge in [-0.3, -0.25) is 0 Å². The fourth-order valence-electron chi connectivity index (χ4n) is 1.43. The molecule has 0 amide bonds. The largest absolute Gasteiger partial charge is 0.497 e. The fraction of sp³-hybridized carbons (Fsp3) is 0.200. The van der Waals surface area contributed by atoms with Gasteiger partial charge in [0.05, 0.1) is 13.7 Å². The Balaban J connectivity index is 2.27. The van der Waals surface area contributed by atoms with Gasteiger partial charge in [-0.25, -0.2) is 9.07 Å². The number of nitrogens with two attached hydrogens (primary N) is 2. The third-order valence-corrected chi connectivity index (χ3v) is 2.30. The van der Waals surface area contributed by atoms with Crippen LogP contribution >= 0.6 is 0 Å². The van der Waals surface area contributed by atoms with Crippen molar-refractivity contribution in [2.24, 2.45) is 0 Å². The average molecular weight is 237 g/mol. The lowest BCUT2D eigenvalue weighted by Crippen LogP contribution is -2.08. The molecule has 0 saturated carbocycles. The lowest BCUT2D eigenvalue weighted by Gasteiger charge is -2.06. The molecule has 90 valence electrons. The van der Waals surface area contributed by atoms with E-state index >= 15 is 0 Å². The summed E-state index contributed by atoms with van der Waals surface area (Å²) in [6.45, 7) is 0.172. The van der Waals surface area contributed by atoms with Crippen molar-refractivity contribution in [1.29, 1.82) is 0 Å². The molecule has 2 rings (SSSR count). The monoisotopic (exact) mass is 237 g/mol. The number of nitrogens with zero attached hydrogens (tertiary/aromatic N) is 3. The maximum Gasteiger partial charge on any atom is 0.241 e. The molecule has 7 heteroatoms. The smallest absolute Gasteiger partial charge is 0.241 e. The number of anilines is 2. The van der Waals surface area contributed by atoms with Gasteiger partial charge in [-0.15, -0.1) is 5.10 Å². The summed E-state index contributed by atoms with van der Waals surface area (Å²) < 4.78 is 19.9. The minimum absolute atomic E-state index is 0.0661. The molecule has 0 aliphatic rings. The number of methoxy groups -OCH3 is 1. The van der Waals surface area contributed by atoms with Gasteiger partial charge in [0.25, 0.3) is 0 Å². The summed E-state index contributed by atoms with van der Waals surface area (Å²) >= 11 is 0. The first kappa shape index (κ1) is 11.2. The zero-order valence-corrected chi connectivity index (χ0v) is 9.22. The number of benzene rings is 1. The Morgan fingerprint density at radius 3 is 2.71 bits per heavy atom. The van der Waals surface area contributed by atoms with Crippen LogP contribution in [0.2, 0.25) is 0 Å². The lowest BCUT2D eigenvalue weighted by molar-refractivity contribution is 0.410. The van der Waals surface area contributed by atoms with E-state index in [4.69, 9.17) is 16.2 Å². The van der Waals surface area contributed by atoms with Gasteiger partial charge in [0, 0.05) is 11.6 Å². The van der Waals surface area contributed by atoms with E-state index in [0.29, 0.717) is 11.3 Å². The van der Waals surface area contributed by atoms with Gasteiger partial charge < -0.3 is 16.2 Å². The molecule has 4 N–H and O–H groups in total. The predicted octanol–water partition coefficient (Wildman–Crippen LogP) is 0.639. The van der Waals surface area contributed by atoms with Crippen LogP contribution in [0.4, 0.5) is 16.3 Å². The number of nitrogen functional groups attached to an aromatic ring is 2. The molecule has 0 aliphatic heterocycles. The number of hydrogen-bond acceptors (Lipinski definition) is 5. The molecule has 1 heterocycles. The van der Waals surface area contributed by atoms with Crippen molar-refractivity contribution in [1.82, 2.24) is 14.8 Å². The maximum absolute atomic E-state index is 13.6. The van der Waals surface area contributed by atoms with Crippen molar-refractivity contribution in [3.8, 4) is 5.75 Å². The highest BCUT2D eigenvalue weighted by Crippen LogP contribution is 2.17. The van der Waals surface area contributed by atoms with Crippen LogP contribution in [-0.4, -0.2) is 21.9 Å². The Hall–Kier alpha value is -2.31. The highest BCUT2D eigenvalue weighted by molar-refractivity contribution is 5.31. The molecule has 1 aromatic heterocycles. The van der Waals surface area contributed by atoms with Gasteiger partial charge in [0.1, 0.15) is 11.6 Å². The normalized spacial score (nSPS) is 10.5. The summed E-state index contributed by atoms with van der Waals surface area (Å²) in [4.78, 5) is 3.73. The minimum Gasteiger partial charge on any atom is -0.497 e. The highest BCUT2D eigenvalue weighted by atomic mass is 19.1. The van der Waals surface area contributed by atoms with Crippen LogP contribution in [-0.2, 0) is 6.54 Å². The first-order valence-electron chi connectivity index (χ1n) is 4.88. The number of ether oxygens (including phenoxy) is 1. The zero-order valence-electron chi connectivity index (χ0n) is 9.22. The van der Waals surface area contributed by atoms with Gasteiger partial charge in [0.15, 0.2) is 0 Å². The van der Waals surface area contributed by atoms with Gasteiger partial charge >= 0.3 is 0 Å². The second kappa shape index (κ2) is 4.28. The van der Waals surface area contributed by atoms with Crippen LogP contribution in [0.1, 0.15) is 5.56 Å². The number of halogens is 1. The van der Waals surface area contributed by atoms with E-state index in [2.05, 4.69) is 10.1 Å². The molecule has 0 saturated heterocycles. The number of rotatable bonds is 3. The summed E-state index contributed by atoms with van der Waals surface area (Å²) in [5.74, 6) is 0.282. The van der Waals surface area contributed by atoms with Crippen LogP contribution < -0.4 is 16.2 Å². The van der Waals surface area contributed by atoms with E-state index in [1.165, 1.54) is 17.9 Å². The summed E-state index contributed by atoms with van der Waals surface area (Å²) in [5, 5.41) is 3.85. The number of aromatic nitrogens is 3. The molecular formula is C10H12FN5O. The van der Waals surface area contributed by atoms with E-state index in [1.54, 1.807) is 12.1 Å². The first-order chi connectivity index (χ1) is 8.10. The Morgan fingerprint density at radius 2 is 2.18 bits per heavy atom. The van der Waals surface area contributed by atoms with Crippen molar-refractivity contribution in [2.75, 3.05) is 18.6 Å². The summed E-state index contributed by atoms with van der Waals surface area (Å²) in [7, 11) is 1.48. The second-order valence-corrected chi connectivity index (χ2v) is 3.44. The predicted molar refractivity (Wildman–Crippen MR) is 60.9 cm³/mol. The van der Waals surface area contributed by atoms with Gasteiger partial charge in [-0.05, 0) is 6.07 Å². The maximum atomic E-state index is 13.6. The molecule has 6 nitrogen and oxygen atoms in total. The molecule has 0 aliphatic carbocycles. The zero-order chi connectivity index (χ0) is 12.4. The van der Waals surface area contributed by atoms with Crippen LogP contribution in [0, 0.1) is 5.82 Å². The standard InChI is InChI=1S/C10H12FN5O/c1-17-7-3-2-6(8(11)4-7)5-16-10(13)14-9(12)15-16/h2-4H,5H2,1H3,(H4,12,13,14,15). The van der Waals surface area contributed by atoms with Crippen molar-refractivity contribution >= 4 is 11.9 Å². The van der Waals surface area contributed by atoms with E-state index in [1.807, 2.05) is 0 Å². The molecule has 17 heavy (non-hydrogen) atoms. The molecular weight excluding hydrogens is 225 g/mol. The van der Waals surface area contributed by atoms with Gasteiger partial charge in [0.2, 0.25) is 11.9 Å². The van der Waals surface area contributed by atoms with Crippen LogP contribution in [0.3, 0.4) is 0 Å². The summed E-state index contributed by atoms with van der Waals surface area (Å²) in [6, 6.07) is 4.56. The number of hydrogen-bond donors (Lipinski definition) is 2. The molecule has 0 atom stereocenters. The highest BCUT2D eigenvalue weighted by Gasteiger charge is 2.09. The van der Waals surface area contributed by atoms with Crippen LogP contribution in [0.25, 0.3) is 0 Å². The van der Waals surface area contributed by atoms with E-state index in [-0.39, 0.29) is 18.4 Å². The Labute approximate surface area is 97.0 Å². The quantitative estimate of drug-likeness (QED) is 0.817. The fourth-order valence-corrected chi connectivity index (χ4v) is 1.43. The minimum atomic E-state index is -0.391. The van der Waals surface area contributed by atoms with Crippen molar-refractivity contribution < 1.29 is 9.13 Å². The Kier molecular flexibility index (Phi) is 2.82. The SMILES string of the molecule is COc1ccc(Cn2nc(N)nc2N)c(F)c1. The van der Waals surface area contributed by atoms with Gasteiger partial charge in [-0.1, -0.05) is 6.07 Å². The second-order valence-electron chi connectivity index (χ2n) is 3.44. The Bertz CT molecular complexity index is 539. The molecule has 1 aromatic carbocycles. The third kappa shape index (κ3) is 2.27. The molecule has 0 radical (unpaired) electrons. The van der Waals surface area contributed by atoms with Crippen LogP contribution in [0.15, 0.2) is 18.2 Å². The molecule has 0 bridgehead atoms. The van der Waals surface area contributed by atoms with Gasteiger partial charge in [-0.2, -0.15) is 4.98 Å². The Morgan fingerprint density at radius 1 is 1.41 bits per heavy atom. The summed E-state index contributed by atoms with van der Waals surface area (Å²) in [6.07, 6.45) is 0. The van der Waals surface area contributed by atoms with Crippen molar-refractivity contribution in [3.63, 3.8) is 0 Å². The summed E-state index contributed by atoms with van der Waals surface area (Å²) in [5.41, 5.74) is 11.4. The van der Waals surface area contributed by atoms with E-state index in [9.17, 15) is 4.39 Å². The topological polar surface area (TPSA) is 92.0 Å². The lowest BCUT2D eigenvalue weighted by atomic mass is 10.2. The third-order valence-electron chi connectivity index (χ3n) is 2.30. The average Bonchev–Trinajstić information content (AvgIpc) is 2.60. The van der Waals surface area contributed by atoms with E-state index < -0.39 is 5.82 Å². The van der Waals surface area contributed by atoms with E-state index in [0.717, 1.165) is 0 Å². The van der Waals surface area contributed by atoms with Crippen molar-refractivity contribution in [3.05, 3.63) is 29.6 Å². The first-order valence-corrected chi connectivity index (χ1v) is 4.88. The van der Waals surface area contributed by atoms with Crippen LogP contribution in [0.5, 0.6) is 5.75 Å².